The van der Waals surface area contributed by atoms with Gasteiger partial charge in [0.1, 0.15) is 11.6 Å². The zero-order valence-corrected chi connectivity index (χ0v) is 17.0. The molecule has 1 heterocycles. The summed E-state index contributed by atoms with van der Waals surface area (Å²) in [6, 6.07) is 12.4. The van der Waals surface area contributed by atoms with Gasteiger partial charge in [-0.15, -0.1) is 0 Å². The summed E-state index contributed by atoms with van der Waals surface area (Å²) in [4.78, 5) is 14.6. The van der Waals surface area contributed by atoms with Gasteiger partial charge in [-0.05, 0) is 49.6 Å². The maximum atomic E-state index is 14.2. The highest BCUT2D eigenvalue weighted by molar-refractivity contribution is 7.87. The van der Waals surface area contributed by atoms with Crippen LogP contribution in [-0.2, 0) is 21.4 Å². The Morgan fingerprint density at radius 3 is 2.72 bits per heavy atom. The normalized spacial score (nSPS) is 16.6. The molecule has 0 saturated carbocycles. The molecule has 1 aliphatic rings. The summed E-state index contributed by atoms with van der Waals surface area (Å²) >= 11 is 0. The number of hydrogen-bond donors (Lipinski definition) is 0. The van der Waals surface area contributed by atoms with Crippen molar-refractivity contribution in [3.63, 3.8) is 0 Å². The Labute approximate surface area is 170 Å². The van der Waals surface area contributed by atoms with Gasteiger partial charge in [-0.1, -0.05) is 24.3 Å². The van der Waals surface area contributed by atoms with Gasteiger partial charge < -0.3 is 13.8 Å². The van der Waals surface area contributed by atoms with Crippen LogP contribution in [-0.4, -0.2) is 44.2 Å². The molecule has 8 heteroatoms. The maximum absolute atomic E-state index is 14.2. The van der Waals surface area contributed by atoms with Crippen LogP contribution in [0.2, 0.25) is 0 Å². The van der Waals surface area contributed by atoms with Crippen LogP contribution in [0.1, 0.15) is 35.7 Å². The highest BCUT2D eigenvalue weighted by Gasteiger charge is 2.25. The third-order valence-corrected chi connectivity index (χ3v) is 5.84. The first kappa shape index (κ1) is 21.3. The fraction of sp³-hybridized carbons (Fsp3) is 0.381. The molecule has 0 spiro atoms. The average Bonchev–Trinajstić information content (AvgIpc) is 3.20. The summed E-state index contributed by atoms with van der Waals surface area (Å²) in [6.45, 7) is 2.64. The zero-order chi connectivity index (χ0) is 20.9. The number of carbonyl (C=O) groups is 1. The number of hydrogen-bond acceptors (Lipinski definition) is 5. The summed E-state index contributed by atoms with van der Waals surface area (Å²) in [5, 5.41) is 0. The minimum atomic E-state index is -3.65. The molecule has 0 aliphatic carbocycles. The van der Waals surface area contributed by atoms with Crippen molar-refractivity contribution in [3.8, 4) is 5.75 Å². The molecule has 0 radical (unpaired) electrons. The quantitative estimate of drug-likeness (QED) is 0.611. The SMILES string of the molecule is CCS(=O)(=O)Oc1cccc(CN(CC2CCCO2)C(=O)c2ccccc2F)c1. The Bertz CT molecular complexity index is 957. The lowest BCUT2D eigenvalue weighted by Crippen LogP contribution is -2.37. The van der Waals surface area contributed by atoms with Crippen LogP contribution in [0.25, 0.3) is 0 Å². The number of nitrogens with zero attached hydrogens (tertiary/aromatic N) is 1. The van der Waals surface area contributed by atoms with E-state index in [9.17, 15) is 17.6 Å². The fourth-order valence-corrected chi connectivity index (χ4v) is 3.69. The van der Waals surface area contributed by atoms with Crippen molar-refractivity contribution in [2.24, 2.45) is 0 Å². The first-order valence-corrected chi connectivity index (χ1v) is 11.1. The molecule has 1 aliphatic heterocycles. The van der Waals surface area contributed by atoms with Crippen LogP contribution in [0.15, 0.2) is 48.5 Å². The largest absolute Gasteiger partial charge is 0.382 e. The smallest absolute Gasteiger partial charge is 0.308 e. The van der Waals surface area contributed by atoms with Crippen LogP contribution in [0.5, 0.6) is 5.75 Å². The lowest BCUT2D eigenvalue weighted by atomic mass is 10.1. The van der Waals surface area contributed by atoms with Crippen molar-refractivity contribution in [3.05, 3.63) is 65.5 Å². The summed E-state index contributed by atoms with van der Waals surface area (Å²) in [6.07, 6.45) is 1.65. The van der Waals surface area contributed by atoms with Gasteiger partial charge in [-0.2, -0.15) is 8.42 Å². The van der Waals surface area contributed by atoms with Crippen molar-refractivity contribution in [1.82, 2.24) is 4.90 Å². The van der Waals surface area contributed by atoms with E-state index in [-0.39, 0.29) is 29.7 Å². The second-order valence-electron chi connectivity index (χ2n) is 6.88. The molecule has 156 valence electrons. The summed E-state index contributed by atoms with van der Waals surface area (Å²) < 4.78 is 48.3. The Balaban J connectivity index is 1.83. The van der Waals surface area contributed by atoms with Gasteiger partial charge in [-0.3, -0.25) is 4.79 Å². The second kappa shape index (κ2) is 9.37. The van der Waals surface area contributed by atoms with E-state index < -0.39 is 21.8 Å². The summed E-state index contributed by atoms with van der Waals surface area (Å²) in [5.41, 5.74) is 0.669. The van der Waals surface area contributed by atoms with E-state index in [0.717, 1.165) is 12.8 Å². The minimum absolute atomic E-state index is 0.00791. The Kier molecular flexibility index (Phi) is 6.87. The fourth-order valence-electron chi connectivity index (χ4n) is 3.18. The van der Waals surface area contributed by atoms with Crippen molar-refractivity contribution in [2.75, 3.05) is 18.9 Å². The number of amides is 1. The number of carbonyl (C=O) groups excluding carboxylic acids is 1. The van der Waals surface area contributed by atoms with E-state index in [2.05, 4.69) is 0 Å². The molecule has 29 heavy (non-hydrogen) atoms. The topological polar surface area (TPSA) is 72.9 Å². The van der Waals surface area contributed by atoms with E-state index in [1.807, 2.05) is 0 Å². The highest BCUT2D eigenvalue weighted by Crippen LogP contribution is 2.21. The predicted octanol–water partition coefficient (Wildman–Crippen LogP) is 3.38. The first-order chi connectivity index (χ1) is 13.9. The third kappa shape index (κ3) is 5.77. The van der Waals surface area contributed by atoms with Crippen LogP contribution < -0.4 is 4.18 Å². The van der Waals surface area contributed by atoms with Crippen LogP contribution in [0, 0.1) is 5.82 Å². The van der Waals surface area contributed by atoms with Crippen molar-refractivity contribution in [1.29, 1.82) is 0 Å². The van der Waals surface area contributed by atoms with E-state index >= 15 is 0 Å². The van der Waals surface area contributed by atoms with Gasteiger partial charge in [-0.25, -0.2) is 4.39 Å². The molecule has 0 N–H and O–H groups in total. The van der Waals surface area contributed by atoms with Crippen LogP contribution in [0.4, 0.5) is 4.39 Å². The Hall–Kier alpha value is -2.45. The van der Waals surface area contributed by atoms with Crippen LogP contribution in [0.3, 0.4) is 0 Å². The average molecular weight is 421 g/mol. The first-order valence-electron chi connectivity index (χ1n) is 9.54. The number of halogens is 1. The number of rotatable bonds is 8. The molecule has 0 bridgehead atoms. The molecule has 2 aromatic carbocycles. The minimum Gasteiger partial charge on any atom is -0.382 e. The Morgan fingerprint density at radius 2 is 2.03 bits per heavy atom. The summed E-state index contributed by atoms with van der Waals surface area (Å²) in [5.74, 6) is -0.986. The zero-order valence-electron chi connectivity index (χ0n) is 16.2. The van der Waals surface area contributed by atoms with E-state index in [4.69, 9.17) is 8.92 Å². The molecular weight excluding hydrogens is 397 g/mol. The van der Waals surface area contributed by atoms with Gasteiger partial charge in [0, 0.05) is 19.7 Å². The maximum Gasteiger partial charge on any atom is 0.308 e. The van der Waals surface area contributed by atoms with Gasteiger partial charge >= 0.3 is 10.1 Å². The molecule has 6 nitrogen and oxygen atoms in total. The molecule has 1 unspecified atom stereocenters. The lowest BCUT2D eigenvalue weighted by Gasteiger charge is -2.26. The molecule has 1 fully saturated rings. The molecule has 0 aromatic heterocycles. The molecule has 1 atom stereocenters. The van der Waals surface area contributed by atoms with E-state index in [1.54, 1.807) is 30.3 Å². The molecule has 1 saturated heterocycles. The number of benzene rings is 2. The van der Waals surface area contributed by atoms with Crippen LogP contribution >= 0.6 is 0 Å². The molecule has 3 rings (SSSR count). The second-order valence-corrected chi connectivity index (χ2v) is 8.74. The van der Waals surface area contributed by atoms with Gasteiger partial charge in [0.2, 0.25) is 0 Å². The third-order valence-electron chi connectivity index (χ3n) is 4.69. The Morgan fingerprint density at radius 1 is 1.24 bits per heavy atom. The summed E-state index contributed by atoms with van der Waals surface area (Å²) in [7, 11) is -3.65. The monoisotopic (exact) mass is 421 g/mol. The molecular formula is C21H24FNO5S. The van der Waals surface area contributed by atoms with Crippen molar-refractivity contribution >= 4 is 16.0 Å². The van der Waals surface area contributed by atoms with Gasteiger partial charge in [0.25, 0.3) is 5.91 Å². The standard InChI is InChI=1S/C21H24FNO5S/c1-2-29(25,26)28-17-8-5-7-16(13-17)14-23(15-18-9-6-12-27-18)21(24)19-10-3-4-11-20(19)22/h3-5,7-8,10-11,13,18H,2,6,9,12,14-15H2,1H3. The number of ether oxygens (including phenoxy) is 1. The van der Waals surface area contributed by atoms with Crippen molar-refractivity contribution in [2.45, 2.75) is 32.4 Å². The highest BCUT2D eigenvalue weighted by atomic mass is 32.2. The predicted molar refractivity (Wildman–Crippen MR) is 107 cm³/mol. The van der Waals surface area contributed by atoms with E-state index in [1.165, 1.54) is 30.0 Å². The van der Waals surface area contributed by atoms with E-state index in [0.29, 0.717) is 18.7 Å². The van der Waals surface area contributed by atoms with Gasteiger partial charge in [0.05, 0.1) is 17.4 Å². The lowest BCUT2D eigenvalue weighted by molar-refractivity contribution is 0.0503. The molecule has 2 aromatic rings. The van der Waals surface area contributed by atoms with Crippen molar-refractivity contribution < 1.29 is 26.5 Å². The van der Waals surface area contributed by atoms with Gasteiger partial charge in [0.15, 0.2) is 0 Å². The molecule has 1 amide bonds.